The van der Waals surface area contributed by atoms with E-state index in [-0.39, 0.29) is 54.3 Å². The number of pyridine rings is 1. The van der Waals surface area contributed by atoms with Crippen molar-refractivity contribution in [3.63, 3.8) is 0 Å². The molecule has 0 spiro atoms. The first-order chi connectivity index (χ1) is 43.0. The molecule has 0 saturated heterocycles. The van der Waals surface area contributed by atoms with Crippen molar-refractivity contribution >= 4 is 73.0 Å². The van der Waals surface area contributed by atoms with Gasteiger partial charge < -0.3 is 19.0 Å². The number of para-hydroxylation sites is 3. The Bertz CT molecular complexity index is 4820. The van der Waals surface area contributed by atoms with E-state index >= 15 is 0 Å². The number of benzene rings is 9. The Morgan fingerprint density at radius 3 is 1.76 bits per heavy atom. The molecule has 0 amide bonds. The summed E-state index contributed by atoms with van der Waals surface area (Å²) in [5.41, 5.74) is 29.8. The second kappa shape index (κ2) is 23.4. The third-order valence-corrected chi connectivity index (χ3v) is 19.2. The first-order valence-corrected chi connectivity index (χ1v) is 32.7. The van der Waals surface area contributed by atoms with Gasteiger partial charge in [-0.05, 0) is 175 Å². The van der Waals surface area contributed by atoms with Crippen LogP contribution < -0.4 is 21.3 Å². The Labute approximate surface area is 559 Å². The number of rotatable bonds is 7. The summed E-state index contributed by atoms with van der Waals surface area (Å²) < 4.78 is 17.8. The van der Waals surface area contributed by atoms with Crippen molar-refractivity contribution in [1.82, 2.24) is 19.1 Å². The third-order valence-electron chi connectivity index (χ3n) is 19.2. The smallest absolute Gasteiger partial charge is 0.252 e. The molecule has 0 bridgehead atoms. The van der Waals surface area contributed by atoms with Crippen LogP contribution in [0.5, 0.6) is 0 Å². The van der Waals surface area contributed by atoms with Crippen LogP contribution in [0.2, 0.25) is 0 Å². The number of aryl methyl sites for hydroxylation is 2. The summed E-state index contributed by atoms with van der Waals surface area (Å²) in [5, 5.41) is 2.64. The Morgan fingerprint density at radius 2 is 1.12 bits per heavy atom. The van der Waals surface area contributed by atoms with Gasteiger partial charge in [0.25, 0.3) is 6.71 Å². The number of halogens is 1. The third kappa shape index (κ3) is 11.3. The van der Waals surface area contributed by atoms with Crippen LogP contribution in [0.4, 0.5) is 21.5 Å². The molecule has 2 aliphatic heterocycles. The minimum atomic E-state index is -0.275. The van der Waals surface area contributed by atoms with Gasteiger partial charge in [0.15, 0.2) is 0 Å². The van der Waals surface area contributed by atoms with Crippen LogP contribution in [0.15, 0.2) is 176 Å². The van der Waals surface area contributed by atoms with Gasteiger partial charge in [-0.1, -0.05) is 189 Å². The molecule has 0 N–H and O–H groups in total. The van der Waals surface area contributed by atoms with E-state index in [4.69, 9.17) is 4.98 Å². The van der Waals surface area contributed by atoms with E-state index in [9.17, 15) is 4.39 Å². The molecule has 467 valence electrons. The van der Waals surface area contributed by atoms with Crippen LogP contribution in [-0.4, -0.2) is 25.8 Å². The Hall–Kier alpha value is -8.16. The minimum absolute atomic E-state index is 0. The summed E-state index contributed by atoms with van der Waals surface area (Å²) >= 11 is 0. The number of anilines is 3. The Morgan fingerprint density at radius 1 is 0.500 bits per heavy atom. The SMILES string of the molecule is CC(C)c1cccc(C(C)C)c1-n1c(-c2[c-]ccc(-c3cc4c5c(c3)-n3c6ccc(C(C)(C)C)cc6c6cc(C(C)(C)C)cc(c63)B5c3cc(C(C)(C)C)ccc3N4c3ccc(C(C)(C)C)cc3)c2)nc2ccccc21.Cc1cnc(-c2[c-]cc(F)cc2)cc1C.[Ir]. The second-order valence-corrected chi connectivity index (χ2v) is 30.5. The van der Waals surface area contributed by atoms with E-state index in [2.05, 4.69) is 288 Å². The molecule has 0 atom stereocenters. The molecule has 8 heteroatoms. The van der Waals surface area contributed by atoms with Gasteiger partial charge in [-0.3, -0.25) is 9.37 Å². The van der Waals surface area contributed by atoms with E-state index < -0.39 is 0 Å². The zero-order valence-electron chi connectivity index (χ0n) is 56.9. The normalized spacial score (nSPS) is 13.0. The fourth-order valence-electron chi connectivity index (χ4n) is 13.8. The second-order valence-electron chi connectivity index (χ2n) is 30.5. The monoisotopic (exact) mass is 1390 g/mol. The van der Waals surface area contributed by atoms with Gasteiger partial charge in [0.2, 0.25) is 0 Å². The maximum Gasteiger partial charge on any atom is 0.252 e. The van der Waals surface area contributed by atoms with E-state index in [0.717, 1.165) is 56.1 Å². The van der Waals surface area contributed by atoms with Crippen molar-refractivity contribution in [3.8, 4) is 45.1 Å². The largest absolute Gasteiger partial charge is 0.333 e. The van der Waals surface area contributed by atoms with Crippen molar-refractivity contribution in [3.05, 3.63) is 239 Å². The van der Waals surface area contributed by atoms with Crippen molar-refractivity contribution < 1.29 is 24.5 Å². The standard InChI is InChI=1S/C71H74BN4.C13H11FN.Ir/c1-42(2)52-23-20-24-53(43(3)4)65(52)76-61-26-18-17-25-58(61)73-67(76)45-22-19-21-44(35-45)46-36-62-64-63(37-46)75-59-33-29-48(69(8,9)10)38-54(59)55-39-50(71(14,15)16)41-57(66(55)75)72(64)56-40-49(70(11,12)13)30-34-60(56)74(62)51-31-27-47(28-32-51)68(5,6)7;1-9-7-13(15-8-10(9)2)11-3-5-12(14)6-4-11;/h17-21,23-43H,1-16H3;3,5-8H,1-2H3;/q2*-1;. The maximum atomic E-state index is 12.7. The van der Waals surface area contributed by atoms with E-state index in [1.54, 1.807) is 6.07 Å². The summed E-state index contributed by atoms with van der Waals surface area (Å²) in [6, 6.07) is 69.3. The van der Waals surface area contributed by atoms with Crippen molar-refractivity contribution in [2.75, 3.05) is 4.90 Å². The first kappa shape index (κ1) is 64.0. The molecular weight excluding hydrogens is 1300 g/mol. The zero-order chi connectivity index (χ0) is 64.5. The maximum absolute atomic E-state index is 12.7. The average molecular weight is 1390 g/mol. The molecule has 0 unspecified atom stereocenters. The van der Waals surface area contributed by atoms with Crippen molar-refractivity contribution in [2.45, 2.75) is 158 Å². The molecular formula is C84H85BFIrN5-2. The number of hydrogen-bond acceptors (Lipinski definition) is 3. The molecule has 5 nitrogen and oxygen atoms in total. The van der Waals surface area contributed by atoms with E-state index in [1.165, 1.54) is 112 Å². The van der Waals surface area contributed by atoms with Gasteiger partial charge in [-0.2, -0.15) is 0 Å². The number of fused-ring (bicyclic) bond motifs is 8. The van der Waals surface area contributed by atoms with Gasteiger partial charge in [-0.25, -0.2) is 0 Å². The first-order valence-electron chi connectivity index (χ1n) is 32.7. The van der Waals surface area contributed by atoms with Crippen LogP contribution in [0.3, 0.4) is 0 Å². The molecule has 5 heterocycles. The minimum Gasteiger partial charge on any atom is -0.333 e. The van der Waals surface area contributed by atoms with Gasteiger partial charge in [0.05, 0.1) is 22.4 Å². The molecule has 0 saturated carbocycles. The fourth-order valence-corrected chi connectivity index (χ4v) is 13.8. The zero-order valence-corrected chi connectivity index (χ0v) is 59.3. The number of hydrogen-bond donors (Lipinski definition) is 0. The topological polar surface area (TPSA) is 38.9 Å². The molecule has 0 fully saturated rings. The summed E-state index contributed by atoms with van der Waals surface area (Å²) in [6.45, 7) is 41.3. The fraction of sp³-hybridized carbons (Fsp3) is 0.286. The molecule has 2 aliphatic rings. The molecule has 9 aromatic carbocycles. The predicted octanol–water partition coefficient (Wildman–Crippen LogP) is 20.6. The summed E-state index contributed by atoms with van der Waals surface area (Å²) in [4.78, 5) is 12.4. The summed E-state index contributed by atoms with van der Waals surface area (Å²) in [7, 11) is 0. The summed E-state index contributed by atoms with van der Waals surface area (Å²) in [6.07, 6.45) is 1.82. The molecule has 12 aromatic rings. The number of aromatic nitrogens is 4. The average Bonchev–Trinajstić information content (AvgIpc) is 1.34. The predicted molar refractivity (Wildman–Crippen MR) is 385 cm³/mol. The van der Waals surface area contributed by atoms with Crippen LogP contribution in [0.25, 0.3) is 78.0 Å². The Kier molecular flexibility index (Phi) is 16.3. The quantitative estimate of drug-likeness (QED) is 0.118. The van der Waals surface area contributed by atoms with Crippen LogP contribution in [-0.2, 0) is 41.8 Å². The molecule has 3 aromatic heterocycles. The summed E-state index contributed by atoms with van der Waals surface area (Å²) in [5.74, 6) is 1.25. The van der Waals surface area contributed by atoms with E-state index in [1.807, 2.05) is 26.1 Å². The van der Waals surface area contributed by atoms with Gasteiger partial charge in [0.1, 0.15) is 0 Å². The van der Waals surface area contributed by atoms with Gasteiger partial charge >= 0.3 is 0 Å². The van der Waals surface area contributed by atoms with Crippen LogP contribution in [0.1, 0.15) is 167 Å². The van der Waals surface area contributed by atoms with Gasteiger partial charge in [0, 0.05) is 76.8 Å². The number of nitrogens with zero attached hydrogens (tertiary/aromatic N) is 5. The van der Waals surface area contributed by atoms with Crippen molar-refractivity contribution in [2.24, 2.45) is 0 Å². The molecule has 0 aliphatic carbocycles. The van der Waals surface area contributed by atoms with Gasteiger partial charge in [-0.15, -0.1) is 65.2 Å². The van der Waals surface area contributed by atoms with Crippen LogP contribution >= 0.6 is 0 Å². The Balaban J connectivity index is 0.000000447. The van der Waals surface area contributed by atoms with Crippen molar-refractivity contribution in [1.29, 1.82) is 0 Å². The van der Waals surface area contributed by atoms with E-state index in [0.29, 0.717) is 11.8 Å². The molecule has 14 rings (SSSR count). The molecule has 92 heavy (non-hydrogen) atoms. The van der Waals surface area contributed by atoms with Crippen LogP contribution in [0, 0.1) is 31.8 Å². The number of imidazole rings is 1. The molecule has 1 radical (unpaired) electrons.